The molecule has 10 nitrogen and oxygen atoms in total. The first-order chi connectivity index (χ1) is 17.5. The van der Waals surface area contributed by atoms with Crippen LogP contribution in [-0.2, 0) is 14.3 Å². The van der Waals surface area contributed by atoms with Crippen LogP contribution in [0.1, 0.15) is 72.0 Å². The molecule has 0 aliphatic rings. The van der Waals surface area contributed by atoms with Gasteiger partial charge in [0.05, 0.1) is 12.6 Å². The van der Waals surface area contributed by atoms with E-state index < -0.39 is 41.7 Å². The van der Waals surface area contributed by atoms with Crippen LogP contribution < -0.4 is 10.5 Å². The van der Waals surface area contributed by atoms with E-state index in [1.54, 1.807) is 52.0 Å². The lowest BCUT2D eigenvalue weighted by molar-refractivity contribution is -0.158. The summed E-state index contributed by atoms with van der Waals surface area (Å²) in [6.45, 7) is 12.4. The minimum Gasteiger partial charge on any atom is -0.496 e. The second-order valence-electron chi connectivity index (χ2n) is 10.6. The zero-order chi connectivity index (χ0) is 29.0. The Morgan fingerprint density at radius 1 is 0.868 bits per heavy atom. The maximum absolute atomic E-state index is 13.9. The highest BCUT2D eigenvalue weighted by Crippen LogP contribution is 2.27. The fourth-order valence-electron chi connectivity index (χ4n) is 3.73. The summed E-state index contributed by atoms with van der Waals surface area (Å²) < 4.78 is 15.4. The molecule has 0 heterocycles. The molecule has 38 heavy (non-hydrogen) atoms. The number of nitrogens with two attached hydrogens (primary N) is 1. The summed E-state index contributed by atoms with van der Waals surface area (Å²) in [6.07, 6.45) is -1.22. The Morgan fingerprint density at radius 2 is 1.45 bits per heavy atom. The van der Waals surface area contributed by atoms with E-state index in [0.29, 0.717) is 16.3 Å². The van der Waals surface area contributed by atoms with Gasteiger partial charge in [-0.1, -0.05) is 23.3 Å². The number of amides is 3. The molecule has 0 fully saturated rings. The highest BCUT2D eigenvalue weighted by Gasteiger charge is 2.42. The molecule has 2 aromatic carbocycles. The Kier molecular flexibility index (Phi) is 9.28. The van der Waals surface area contributed by atoms with Crippen LogP contribution in [0.4, 0.5) is 4.79 Å². The summed E-state index contributed by atoms with van der Waals surface area (Å²) in [5.41, 5.74) is 5.85. The lowest BCUT2D eigenvalue weighted by Gasteiger charge is -2.41. The van der Waals surface area contributed by atoms with Gasteiger partial charge in [0, 0.05) is 16.7 Å². The molecule has 2 aromatic rings. The number of hydrogen-bond acceptors (Lipinski definition) is 8. The van der Waals surface area contributed by atoms with Crippen molar-refractivity contribution in [2.24, 2.45) is 5.73 Å². The van der Waals surface area contributed by atoms with Crippen molar-refractivity contribution in [1.29, 1.82) is 0 Å². The number of carbonyl (C=O) groups is 4. The lowest BCUT2D eigenvalue weighted by Crippen LogP contribution is -2.60. The molecule has 0 unspecified atom stereocenters. The molecule has 0 radical (unpaired) electrons. The number of esters is 1. The smallest absolute Gasteiger partial charge is 0.439 e. The first-order valence-electron chi connectivity index (χ1n) is 12.0. The first kappa shape index (κ1) is 30.3. The Morgan fingerprint density at radius 3 is 1.95 bits per heavy atom. The van der Waals surface area contributed by atoms with Gasteiger partial charge >= 0.3 is 12.1 Å². The molecular formula is C28H37N3O7. The zero-order valence-electron chi connectivity index (χ0n) is 23.5. The number of rotatable bonds is 6. The van der Waals surface area contributed by atoms with E-state index in [2.05, 4.69) is 0 Å². The number of carbonyl (C=O) groups excluding carboxylic acids is 4. The molecule has 206 valence electrons. The highest BCUT2D eigenvalue weighted by atomic mass is 16.7. The van der Waals surface area contributed by atoms with Gasteiger partial charge in [0.25, 0.3) is 11.8 Å². The molecule has 2 N–H and O–H groups in total. The fraction of sp³-hybridized carbons (Fsp3) is 0.429. The fourth-order valence-corrected chi connectivity index (χ4v) is 3.73. The molecule has 3 amide bonds. The van der Waals surface area contributed by atoms with Crippen molar-refractivity contribution < 1.29 is 33.4 Å². The van der Waals surface area contributed by atoms with E-state index in [1.165, 1.54) is 27.0 Å². The topological polar surface area (TPSA) is 128 Å². The predicted molar refractivity (Wildman–Crippen MR) is 141 cm³/mol. The SMILES string of the molecule is COc1cccc(C(=O)N(C(=O)OCOC(=O)C(C)(C)N)N(C(=O)c2cc(C)cc(C)c2)C(C)(C)C)c1C. The van der Waals surface area contributed by atoms with Crippen molar-refractivity contribution in [2.45, 2.75) is 66.5 Å². The van der Waals surface area contributed by atoms with Gasteiger partial charge in [0.2, 0.25) is 6.79 Å². The monoisotopic (exact) mass is 527 g/mol. The summed E-state index contributed by atoms with van der Waals surface area (Å²) >= 11 is 0. The normalized spacial score (nSPS) is 11.4. The van der Waals surface area contributed by atoms with E-state index in [1.807, 2.05) is 19.9 Å². The molecule has 0 aromatic heterocycles. The van der Waals surface area contributed by atoms with Gasteiger partial charge in [-0.15, -0.1) is 5.01 Å². The summed E-state index contributed by atoms with van der Waals surface area (Å²) in [6, 6.07) is 10.0. The lowest BCUT2D eigenvalue weighted by atomic mass is 10.0. The summed E-state index contributed by atoms with van der Waals surface area (Å²) in [5.74, 6) is -1.82. The molecule has 0 spiro atoms. The number of ether oxygens (including phenoxy) is 3. The van der Waals surface area contributed by atoms with Crippen molar-refractivity contribution >= 4 is 23.9 Å². The van der Waals surface area contributed by atoms with E-state index in [0.717, 1.165) is 16.1 Å². The average Bonchev–Trinajstić information content (AvgIpc) is 2.79. The third-order valence-electron chi connectivity index (χ3n) is 5.49. The molecule has 10 heteroatoms. The molecule has 0 saturated carbocycles. The molecule has 0 atom stereocenters. The molecule has 2 rings (SSSR count). The number of imide groups is 1. The quantitative estimate of drug-likeness (QED) is 0.335. The average molecular weight is 528 g/mol. The predicted octanol–water partition coefficient (Wildman–Crippen LogP) is 4.29. The third-order valence-corrected chi connectivity index (χ3v) is 5.49. The molecule has 0 aliphatic carbocycles. The molecule has 0 bridgehead atoms. The van der Waals surface area contributed by atoms with Gasteiger partial charge in [-0.2, -0.15) is 0 Å². The Labute approximate surface area is 223 Å². The van der Waals surface area contributed by atoms with E-state index >= 15 is 0 Å². The molecule has 0 aliphatic heterocycles. The number of hydrogen-bond donors (Lipinski definition) is 1. The highest BCUT2D eigenvalue weighted by molar-refractivity contribution is 6.07. The van der Waals surface area contributed by atoms with Crippen LogP contribution in [-0.4, -0.2) is 58.9 Å². The third kappa shape index (κ3) is 7.10. The van der Waals surface area contributed by atoms with Gasteiger partial charge in [0.15, 0.2) is 0 Å². The van der Waals surface area contributed by atoms with Crippen molar-refractivity contribution in [3.63, 3.8) is 0 Å². The number of benzene rings is 2. The van der Waals surface area contributed by atoms with E-state index in [-0.39, 0.29) is 11.1 Å². The van der Waals surface area contributed by atoms with Crippen LogP contribution >= 0.6 is 0 Å². The summed E-state index contributed by atoms with van der Waals surface area (Å²) in [7, 11) is 1.46. The Balaban J connectivity index is 2.61. The van der Waals surface area contributed by atoms with Gasteiger partial charge in [-0.25, -0.2) is 14.6 Å². The number of nitrogens with zero attached hydrogens (tertiary/aromatic N) is 2. The van der Waals surface area contributed by atoms with Gasteiger partial charge in [0.1, 0.15) is 11.3 Å². The second kappa shape index (κ2) is 11.6. The maximum atomic E-state index is 13.9. The van der Waals surface area contributed by atoms with Crippen LogP contribution in [0, 0.1) is 20.8 Å². The minimum absolute atomic E-state index is 0.115. The number of methoxy groups -OCH3 is 1. The van der Waals surface area contributed by atoms with E-state index in [9.17, 15) is 19.2 Å². The van der Waals surface area contributed by atoms with Crippen molar-refractivity contribution in [2.75, 3.05) is 13.9 Å². The Hall–Kier alpha value is -3.92. The van der Waals surface area contributed by atoms with Crippen LogP contribution in [0.25, 0.3) is 0 Å². The zero-order valence-corrected chi connectivity index (χ0v) is 23.5. The van der Waals surface area contributed by atoms with Crippen LogP contribution in [0.3, 0.4) is 0 Å². The van der Waals surface area contributed by atoms with Crippen molar-refractivity contribution in [3.8, 4) is 5.75 Å². The van der Waals surface area contributed by atoms with Gasteiger partial charge in [-0.3, -0.25) is 9.59 Å². The first-order valence-corrected chi connectivity index (χ1v) is 12.0. The van der Waals surface area contributed by atoms with Gasteiger partial charge < -0.3 is 19.9 Å². The molecule has 0 saturated heterocycles. The summed E-state index contributed by atoms with van der Waals surface area (Å²) in [4.78, 5) is 53.3. The van der Waals surface area contributed by atoms with Crippen LogP contribution in [0.15, 0.2) is 36.4 Å². The van der Waals surface area contributed by atoms with Crippen molar-refractivity contribution in [3.05, 3.63) is 64.2 Å². The van der Waals surface area contributed by atoms with Crippen molar-refractivity contribution in [1.82, 2.24) is 10.0 Å². The summed E-state index contributed by atoms with van der Waals surface area (Å²) in [5, 5.41) is 1.67. The van der Waals surface area contributed by atoms with Crippen LogP contribution in [0.2, 0.25) is 0 Å². The van der Waals surface area contributed by atoms with Gasteiger partial charge in [-0.05, 0) is 79.7 Å². The standard InChI is InChI=1S/C28H37N3O7/c1-17-13-18(2)15-20(14-17)23(32)31(27(4,5)6)30(26(35)38-16-37-25(34)28(7,8)29)24(33)21-11-10-12-22(36-9)19(21)3/h10-15H,16,29H2,1-9H3. The number of aryl methyl sites for hydroxylation is 2. The number of hydrazine groups is 1. The largest absolute Gasteiger partial charge is 0.496 e. The second-order valence-corrected chi connectivity index (χ2v) is 10.6. The van der Waals surface area contributed by atoms with Crippen LogP contribution in [0.5, 0.6) is 5.75 Å². The minimum atomic E-state index is -1.32. The maximum Gasteiger partial charge on any atom is 0.439 e. The van der Waals surface area contributed by atoms with E-state index in [4.69, 9.17) is 19.9 Å². The Bertz CT molecular complexity index is 1210. The molecular weight excluding hydrogens is 490 g/mol.